The van der Waals surface area contributed by atoms with Gasteiger partial charge in [-0.05, 0) is 31.6 Å². The van der Waals surface area contributed by atoms with Crippen molar-refractivity contribution >= 4 is 12.0 Å². The second-order valence-corrected chi connectivity index (χ2v) is 7.20. The molecule has 1 aliphatic rings. The topological polar surface area (TPSA) is 106 Å². The Bertz CT molecular complexity index is 955. The Morgan fingerprint density at radius 1 is 1.43 bits per heavy atom. The highest BCUT2D eigenvalue weighted by Crippen LogP contribution is 2.30. The Balaban J connectivity index is 1.77. The Morgan fingerprint density at radius 2 is 2.17 bits per heavy atom. The standard InChI is InChI=1S/C19H22F3N5O3/c1-11-5-13(6-24-18(11)30-10-19(20,21)22)8-27-9-14-15(25-27)3-4-26(7-12(2)28)16(14)17(23)29/h3-6,9,12,16,28H,7-8,10H2,1-2H3,(H2,23,29). The van der Waals surface area contributed by atoms with Gasteiger partial charge >= 0.3 is 6.18 Å². The van der Waals surface area contributed by atoms with Crippen LogP contribution in [0.5, 0.6) is 5.88 Å². The van der Waals surface area contributed by atoms with Gasteiger partial charge in [-0.15, -0.1) is 0 Å². The van der Waals surface area contributed by atoms with E-state index in [0.717, 1.165) is 0 Å². The van der Waals surface area contributed by atoms with Gasteiger partial charge < -0.3 is 20.5 Å². The average molecular weight is 425 g/mol. The molecule has 0 aliphatic carbocycles. The number of aryl methyl sites for hydroxylation is 1. The molecule has 2 atom stereocenters. The lowest BCUT2D eigenvalue weighted by Crippen LogP contribution is -2.39. The number of ether oxygens (including phenoxy) is 1. The molecule has 1 aliphatic heterocycles. The van der Waals surface area contributed by atoms with Gasteiger partial charge in [0.05, 0.1) is 18.3 Å². The Morgan fingerprint density at radius 3 is 2.77 bits per heavy atom. The number of nitrogens with two attached hydrogens (primary N) is 1. The maximum absolute atomic E-state index is 12.3. The van der Waals surface area contributed by atoms with E-state index >= 15 is 0 Å². The number of aliphatic hydroxyl groups is 1. The van der Waals surface area contributed by atoms with Crippen LogP contribution in [-0.4, -0.2) is 56.1 Å². The lowest BCUT2D eigenvalue weighted by atomic mass is 10.0. The summed E-state index contributed by atoms with van der Waals surface area (Å²) in [6.07, 6.45) is 1.41. The highest BCUT2D eigenvalue weighted by Gasteiger charge is 2.31. The van der Waals surface area contributed by atoms with Crippen LogP contribution in [0.4, 0.5) is 13.2 Å². The molecule has 3 rings (SSSR count). The number of alkyl halides is 3. The fourth-order valence-corrected chi connectivity index (χ4v) is 3.29. The van der Waals surface area contributed by atoms with Crippen LogP contribution in [0.25, 0.3) is 6.08 Å². The summed E-state index contributed by atoms with van der Waals surface area (Å²) in [6.45, 7) is 2.33. The van der Waals surface area contributed by atoms with Crippen molar-refractivity contribution in [3.05, 3.63) is 47.0 Å². The molecule has 11 heteroatoms. The number of carbonyl (C=O) groups is 1. The van der Waals surface area contributed by atoms with Crippen molar-refractivity contribution in [2.24, 2.45) is 5.73 Å². The number of rotatable bonds is 7. The minimum atomic E-state index is -4.44. The molecule has 0 saturated heterocycles. The molecule has 0 spiro atoms. The zero-order valence-electron chi connectivity index (χ0n) is 16.4. The molecule has 2 aromatic heterocycles. The number of primary amides is 1. The van der Waals surface area contributed by atoms with Crippen LogP contribution in [0, 0.1) is 6.92 Å². The number of nitrogens with zero attached hydrogens (tertiary/aromatic N) is 4. The van der Waals surface area contributed by atoms with Gasteiger partial charge in [0.15, 0.2) is 6.61 Å². The maximum atomic E-state index is 12.3. The zero-order valence-corrected chi connectivity index (χ0v) is 16.4. The fourth-order valence-electron chi connectivity index (χ4n) is 3.29. The third-order valence-electron chi connectivity index (χ3n) is 4.42. The second kappa shape index (κ2) is 8.34. The number of β-amino-alcohol motifs (C(OH)–C–C–N with tert-alkyl or cyclic N) is 1. The number of hydrogen-bond donors (Lipinski definition) is 2. The lowest BCUT2D eigenvalue weighted by molar-refractivity contribution is -0.154. The smallest absolute Gasteiger partial charge is 0.422 e. The largest absolute Gasteiger partial charge is 0.468 e. The molecule has 162 valence electrons. The van der Waals surface area contributed by atoms with Crippen molar-refractivity contribution < 1.29 is 27.8 Å². The summed E-state index contributed by atoms with van der Waals surface area (Å²) in [5, 5.41) is 14.1. The van der Waals surface area contributed by atoms with Crippen LogP contribution in [0.15, 0.2) is 24.7 Å². The van der Waals surface area contributed by atoms with E-state index in [4.69, 9.17) is 10.5 Å². The predicted molar refractivity (Wildman–Crippen MR) is 101 cm³/mol. The molecular weight excluding hydrogens is 403 g/mol. The first-order valence-corrected chi connectivity index (χ1v) is 9.17. The molecule has 1 amide bonds. The van der Waals surface area contributed by atoms with Crippen LogP contribution in [0.2, 0.25) is 0 Å². The van der Waals surface area contributed by atoms with E-state index in [1.54, 1.807) is 48.0 Å². The minimum absolute atomic E-state index is 0.0821. The highest BCUT2D eigenvalue weighted by atomic mass is 19.4. The number of aromatic nitrogens is 3. The van der Waals surface area contributed by atoms with Gasteiger partial charge in [0.2, 0.25) is 11.8 Å². The normalized spacial score (nSPS) is 17.0. The molecule has 2 aromatic rings. The molecule has 3 N–H and O–H groups in total. The van der Waals surface area contributed by atoms with Gasteiger partial charge in [-0.2, -0.15) is 18.3 Å². The number of amides is 1. The van der Waals surface area contributed by atoms with Crippen LogP contribution < -0.4 is 10.5 Å². The number of carbonyl (C=O) groups excluding carboxylic acids is 1. The minimum Gasteiger partial charge on any atom is -0.468 e. The monoisotopic (exact) mass is 425 g/mol. The molecule has 0 saturated carbocycles. The Labute approximate surface area is 170 Å². The van der Waals surface area contributed by atoms with Crippen molar-refractivity contribution in [1.29, 1.82) is 0 Å². The number of hydrogen-bond acceptors (Lipinski definition) is 6. The molecule has 0 bridgehead atoms. The van der Waals surface area contributed by atoms with Crippen molar-refractivity contribution in [3.8, 4) is 5.88 Å². The molecule has 3 heterocycles. The first-order chi connectivity index (χ1) is 14.0. The van der Waals surface area contributed by atoms with Crippen LogP contribution in [0.3, 0.4) is 0 Å². The number of aliphatic hydroxyl groups excluding tert-OH is 1. The van der Waals surface area contributed by atoms with Gasteiger partial charge in [-0.3, -0.25) is 9.48 Å². The van der Waals surface area contributed by atoms with Crippen LogP contribution in [0.1, 0.15) is 35.3 Å². The van der Waals surface area contributed by atoms with E-state index in [9.17, 15) is 23.1 Å². The summed E-state index contributed by atoms with van der Waals surface area (Å²) in [5.41, 5.74) is 7.92. The second-order valence-electron chi connectivity index (χ2n) is 7.20. The quantitative estimate of drug-likeness (QED) is 0.700. The third kappa shape index (κ3) is 5.09. The first-order valence-electron chi connectivity index (χ1n) is 9.17. The fraction of sp³-hybridized carbons (Fsp3) is 0.421. The molecule has 30 heavy (non-hydrogen) atoms. The van der Waals surface area contributed by atoms with E-state index in [0.29, 0.717) is 22.4 Å². The van der Waals surface area contributed by atoms with Gasteiger partial charge in [-0.1, -0.05) is 0 Å². The first kappa shape index (κ1) is 21.6. The predicted octanol–water partition coefficient (Wildman–Crippen LogP) is 1.77. The van der Waals surface area contributed by atoms with Crippen molar-refractivity contribution in [1.82, 2.24) is 19.7 Å². The molecule has 0 radical (unpaired) electrons. The number of pyridine rings is 1. The molecule has 2 unspecified atom stereocenters. The summed E-state index contributed by atoms with van der Waals surface area (Å²) in [6, 6.07) is 0.909. The van der Waals surface area contributed by atoms with E-state index in [1.807, 2.05) is 0 Å². The van der Waals surface area contributed by atoms with Crippen molar-refractivity contribution in [3.63, 3.8) is 0 Å². The number of halogens is 3. The van der Waals surface area contributed by atoms with Crippen molar-refractivity contribution in [2.45, 2.75) is 38.7 Å². The zero-order chi connectivity index (χ0) is 22.1. The maximum Gasteiger partial charge on any atom is 0.422 e. The van der Waals surface area contributed by atoms with Crippen molar-refractivity contribution in [2.75, 3.05) is 13.2 Å². The van der Waals surface area contributed by atoms with E-state index in [-0.39, 0.29) is 19.0 Å². The van der Waals surface area contributed by atoms with Crippen LogP contribution >= 0.6 is 0 Å². The highest BCUT2D eigenvalue weighted by molar-refractivity contribution is 5.83. The van der Waals surface area contributed by atoms with Gasteiger partial charge in [0.25, 0.3) is 0 Å². The Hall–Kier alpha value is -3.08. The average Bonchev–Trinajstić information content (AvgIpc) is 3.01. The van der Waals surface area contributed by atoms with Gasteiger partial charge in [-0.25, -0.2) is 4.98 Å². The molecule has 8 nitrogen and oxygen atoms in total. The van der Waals surface area contributed by atoms with E-state index in [1.165, 1.54) is 6.20 Å². The van der Waals surface area contributed by atoms with E-state index in [2.05, 4.69) is 10.1 Å². The molecular formula is C19H22F3N5O3. The van der Waals surface area contributed by atoms with Gasteiger partial charge in [0, 0.05) is 36.3 Å². The summed E-state index contributed by atoms with van der Waals surface area (Å²) >= 11 is 0. The summed E-state index contributed by atoms with van der Waals surface area (Å²) in [4.78, 5) is 17.6. The molecule has 0 aromatic carbocycles. The van der Waals surface area contributed by atoms with E-state index < -0.39 is 30.8 Å². The Kier molecular flexibility index (Phi) is 6.01. The third-order valence-corrected chi connectivity index (χ3v) is 4.42. The summed E-state index contributed by atoms with van der Waals surface area (Å²) < 4.78 is 43.3. The SMILES string of the molecule is Cc1cc(Cn2cc3c(n2)C=CN(CC(C)O)C3C(N)=O)cnc1OCC(F)(F)F. The number of fused-ring (bicyclic) bond motifs is 1. The summed E-state index contributed by atoms with van der Waals surface area (Å²) in [5.74, 6) is -0.647. The lowest BCUT2D eigenvalue weighted by Gasteiger charge is -2.31. The van der Waals surface area contributed by atoms with Gasteiger partial charge in [0.1, 0.15) is 6.04 Å². The summed E-state index contributed by atoms with van der Waals surface area (Å²) in [7, 11) is 0. The van der Waals surface area contributed by atoms with Crippen LogP contribution in [-0.2, 0) is 11.3 Å². The molecule has 0 fully saturated rings.